The van der Waals surface area contributed by atoms with Crippen molar-refractivity contribution >= 4 is 23.7 Å². The van der Waals surface area contributed by atoms with Gasteiger partial charge < -0.3 is 26.2 Å². The molecule has 4 aliphatic carbocycles. The number of nitrogens with one attached hydrogen (secondary N) is 4. The Bertz CT molecular complexity index is 927. The molecule has 36 heavy (non-hydrogen) atoms. The maximum Gasteiger partial charge on any atom is 0.319 e. The second-order valence-corrected chi connectivity index (χ2v) is 11.9. The molecule has 1 aromatic rings. The van der Waals surface area contributed by atoms with Crippen LogP contribution in [0.15, 0.2) is 24.3 Å². The molecule has 1 aromatic carbocycles. The smallest absolute Gasteiger partial charge is 0.319 e. The molecule has 8 heteroatoms. The van der Waals surface area contributed by atoms with Crippen molar-refractivity contribution in [2.45, 2.75) is 70.3 Å². The first-order valence-electron chi connectivity index (χ1n) is 13.8. The van der Waals surface area contributed by atoms with Crippen LogP contribution in [0.2, 0.25) is 0 Å². The van der Waals surface area contributed by atoms with Crippen LogP contribution in [-0.2, 0) is 4.79 Å². The SMILES string of the molecule is Cc1ccc(NC(=O)NCC2CCCN(C(=O)CCNC(=O)NC34CC5CC(CC(C5)C3)C4)C2)cc1. The van der Waals surface area contributed by atoms with Crippen LogP contribution in [-0.4, -0.2) is 54.6 Å². The standard InChI is InChI=1S/C28H41N5O3/c1-19-4-6-24(7-5-19)31-26(35)30-17-20-3-2-10-33(18-20)25(34)8-9-29-27(36)32-28-14-21-11-22(15-28)13-23(12-21)16-28/h4-7,20-23H,2-3,8-18H2,1H3,(H2,29,32,36)(H2,30,31,35). The number of hydrogen-bond donors (Lipinski definition) is 4. The highest BCUT2D eigenvalue weighted by molar-refractivity contribution is 5.89. The third kappa shape index (κ3) is 6.13. The summed E-state index contributed by atoms with van der Waals surface area (Å²) in [5, 5.41) is 12.0. The number of nitrogens with zero attached hydrogens (tertiary/aromatic N) is 1. The van der Waals surface area contributed by atoms with E-state index in [0.29, 0.717) is 26.1 Å². The van der Waals surface area contributed by atoms with Crippen LogP contribution < -0.4 is 21.3 Å². The minimum absolute atomic E-state index is 0.0122. The van der Waals surface area contributed by atoms with Gasteiger partial charge in [0.1, 0.15) is 0 Å². The molecule has 1 heterocycles. The molecule has 1 atom stereocenters. The molecule has 4 bridgehead atoms. The quantitative estimate of drug-likeness (QED) is 0.460. The summed E-state index contributed by atoms with van der Waals surface area (Å²) in [6, 6.07) is 7.34. The first kappa shape index (κ1) is 24.9. The van der Waals surface area contributed by atoms with Crippen LogP contribution in [0, 0.1) is 30.6 Å². The van der Waals surface area contributed by atoms with E-state index >= 15 is 0 Å². The minimum atomic E-state index is -0.225. The second-order valence-electron chi connectivity index (χ2n) is 11.9. The molecule has 1 saturated heterocycles. The van der Waals surface area contributed by atoms with E-state index in [9.17, 15) is 14.4 Å². The zero-order valence-corrected chi connectivity index (χ0v) is 21.5. The summed E-state index contributed by atoms with van der Waals surface area (Å²) in [4.78, 5) is 39.6. The molecule has 4 N–H and O–H groups in total. The van der Waals surface area contributed by atoms with Crippen molar-refractivity contribution in [2.75, 3.05) is 31.5 Å². The molecule has 0 radical (unpaired) electrons. The van der Waals surface area contributed by atoms with Gasteiger partial charge in [0, 0.05) is 43.8 Å². The molecular formula is C28H41N5O3. The van der Waals surface area contributed by atoms with Crippen LogP contribution >= 0.6 is 0 Å². The maximum absolute atomic E-state index is 12.8. The average molecular weight is 496 g/mol. The van der Waals surface area contributed by atoms with Gasteiger partial charge in [0.25, 0.3) is 0 Å². The number of carbonyl (C=O) groups excluding carboxylic acids is 3. The van der Waals surface area contributed by atoms with Crippen molar-refractivity contribution in [3.8, 4) is 0 Å². The van der Waals surface area contributed by atoms with E-state index in [1.807, 2.05) is 36.1 Å². The summed E-state index contributed by atoms with van der Waals surface area (Å²) < 4.78 is 0. The number of piperidine rings is 1. The fourth-order valence-electron chi connectivity index (χ4n) is 7.50. The van der Waals surface area contributed by atoms with E-state index in [-0.39, 0.29) is 29.4 Å². The van der Waals surface area contributed by atoms with Gasteiger partial charge >= 0.3 is 12.1 Å². The Hall–Kier alpha value is -2.77. The highest BCUT2D eigenvalue weighted by atomic mass is 16.2. The highest BCUT2D eigenvalue weighted by Crippen LogP contribution is 2.55. The molecule has 5 aliphatic rings. The lowest BCUT2D eigenvalue weighted by atomic mass is 9.53. The summed E-state index contributed by atoms with van der Waals surface area (Å²) in [7, 11) is 0. The zero-order valence-electron chi connectivity index (χ0n) is 21.5. The Morgan fingerprint density at radius 3 is 2.28 bits per heavy atom. The molecule has 6 rings (SSSR count). The number of anilines is 1. The summed E-state index contributed by atoms with van der Waals surface area (Å²) in [6.45, 7) is 4.28. The van der Waals surface area contributed by atoms with Gasteiger partial charge in [-0.25, -0.2) is 9.59 Å². The van der Waals surface area contributed by atoms with Crippen LogP contribution in [0.1, 0.15) is 63.4 Å². The lowest BCUT2D eigenvalue weighted by molar-refractivity contribution is -0.132. The maximum atomic E-state index is 12.8. The monoisotopic (exact) mass is 495 g/mol. The van der Waals surface area contributed by atoms with Crippen LogP contribution in [0.25, 0.3) is 0 Å². The molecule has 196 valence electrons. The van der Waals surface area contributed by atoms with Crippen molar-refractivity contribution in [3.63, 3.8) is 0 Å². The fraction of sp³-hybridized carbons (Fsp3) is 0.679. The number of hydrogen-bond acceptors (Lipinski definition) is 3. The molecule has 8 nitrogen and oxygen atoms in total. The van der Waals surface area contributed by atoms with Gasteiger partial charge in [0.05, 0.1) is 0 Å². The van der Waals surface area contributed by atoms with Crippen molar-refractivity contribution < 1.29 is 14.4 Å². The van der Waals surface area contributed by atoms with E-state index in [4.69, 9.17) is 0 Å². The largest absolute Gasteiger partial charge is 0.342 e. The number of urea groups is 2. The van der Waals surface area contributed by atoms with Gasteiger partial charge in [0.2, 0.25) is 5.91 Å². The van der Waals surface area contributed by atoms with Crippen LogP contribution in [0.3, 0.4) is 0 Å². The first-order chi connectivity index (χ1) is 17.4. The van der Waals surface area contributed by atoms with E-state index in [1.165, 1.54) is 19.3 Å². The number of carbonyl (C=O) groups is 3. The fourth-order valence-corrected chi connectivity index (χ4v) is 7.50. The Morgan fingerprint density at radius 1 is 0.944 bits per heavy atom. The summed E-state index contributed by atoms with van der Waals surface area (Å²) in [5.74, 6) is 2.66. The third-order valence-corrected chi connectivity index (χ3v) is 8.77. The molecule has 4 saturated carbocycles. The average Bonchev–Trinajstić information content (AvgIpc) is 2.83. The van der Waals surface area contributed by atoms with Crippen molar-refractivity contribution in [1.29, 1.82) is 0 Å². The molecule has 5 amide bonds. The van der Waals surface area contributed by atoms with Crippen LogP contribution in [0.4, 0.5) is 15.3 Å². The van der Waals surface area contributed by atoms with Gasteiger partial charge in [-0.1, -0.05) is 17.7 Å². The molecule has 0 aromatic heterocycles. The van der Waals surface area contributed by atoms with E-state index in [2.05, 4.69) is 21.3 Å². The summed E-state index contributed by atoms with van der Waals surface area (Å²) >= 11 is 0. The Kier molecular flexibility index (Phi) is 7.39. The Labute approximate surface area is 214 Å². The Balaban J connectivity index is 0.998. The molecule has 1 unspecified atom stereocenters. The van der Waals surface area contributed by atoms with Crippen molar-refractivity contribution in [2.24, 2.45) is 23.7 Å². The minimum Gasteiger partial charge on any atom is -0.342 e. The number of aryl methyl sites for hydroxylation is 1. The van der Waals surface area contributed by atoms with Gasteiger partial charge in [-0.05, 0) is 94.1 Å². The number of rotatable bonds is 7. The summed E-state index contributed by atoms with van der Waals surface area (Å²) in [5.41, 5.74) is 1.89. The van der Waals surface area contributed by atoms with E-state index in [1.54, 1.807) is 0 Å². The van der Waals surface area contributed by atoms with Gasteiger partial charge in [0.15, 0.2) is 0 Å². The topological polar surface area (TPSA) is 103 Å². The number of benzene rings is 1. The van der Waals surface area contributed by atoms with Crippen LogP contribution in [0.5, 0.6) is 0 Å². The van der Waals surface area contributed by atoms with Gasteiger partial charge in [-0.2, -0.15) is 0 Å². The highest BCUT2D eigenvalue weighted by Gasteiger charge is 2.51. The molecule has 0 spiro atoms. The van der Waals surface area contributed by atoms with Crippen molar-refractivity contribution in [3.05, 3.63) is 29.8 Å². The third-order valence-electron chi connectivity index (χ3n) is 8.77. The predicted molar refractivity (Wildman–Crippen MR) is 140 cm³/mol. The number of amides is 5. The molecule has 1 aliphatic heterocycles. The first-order valence-corrected chi connectivity index (χ1v) is 13.8. The lowest BCUT2D eigenvalue weighted by Gasteiger charge is -2.56. The van der Waals surface area contributed by atoms with E-state index < -0.39 is 0 Å². The van der Waals surface area contributed by atoms with Crippen molar-refractivity contribution in [1.82, 2.24) is 20.9 Å². The molecular weight excluding hydrogens is 454 g/mol. The number of likely N-dealkylation sites (tertiary alicyclic amines) is 1. The zero-order chi connectivity index (χ0) is 25.1. The summed E-state index contributed by atoms with van der Waals surface area (Å²) in [6.07, 6.45) is 9.63. The normalized spacial score (nSPS) is 30.5. The van der Waals surface area contributed by atoms with E-state index in [0.717, 1.165) is 67.7 Å². The van der Waals surface area contributed by atoms with Gasteiger partial charge in [-0.15, -0.1) is 0 Å². The molecule has 5 fully saturated rings. The lowest BCUT2D eigenvalue weighted by Crippen LogP contribution is -2.61. The van der Waals surface area contributed by atoms with Gasteiger partial charge in [-0.3, -0.25) is 4.79 Å². The second kappa shape index (κ2) is 10.7. The predicted octanol–water partition coefficient (Wildman–Crippen LogP) is 4.01. The Morgan fingerprint density at radius 2 is 1.61 bits per heavy atom.